The number of carbonyl (C=O) groups excluding carboxylic acids is 1. The minimum Gasteiger partial charge on any atom is -0.493 e. The number of fused-ring (bicyclic) bond motifs is 1. The van der Waals surface area contributed by atoms with Gasteiger partial charge in [0.25, 0.3) is 0 Å². The summed E-state index contributed by atoms with van der Waals surface area (Å²) in [5.74, 6) is 1.30. The summed E-state index contributed by atoms with van der Waals surface area (Å²) in [5.41, 5.74) is 3.30. The highest BCUT2D eigenvalue weighted by molar-refractivity contribution is 5.73. The molecule has 2 N–H and O–H groups in total. The third-order valence-corrected chi connectivity index (χ3v) is 6.20. The summed E-state index contributed by atoms with van der Waals surface area (Å²) in [5, 5.41) is 11.6. The van der Waals surface area contributed by atoms with Gasteiger partial charge in [0.05, 0.1) is 12.3 Å². The Balaban J connectivity index is 1.56. The molecule has 1 fully saturated rings. The van der Waals surface area contributed by atoms with Gasteiger partial charge in [-0.1, -0.05) is 0 Å². The van der Waals surface area contributed by atoms with E-state index in [4.69, 9.17) is 4.74 Å². The summed E-state index contributed by atoms with van der Waals surface area (Å²) in [6.45, 7) is 5.89. The highest BCUT2D eigenvalue weighted by Gasteiger charge is 2.22. The highest BCUT2D eigenvalue weighted by Crippen LogP contribution is 2.31. The molecule has 3 heterocycles. The number of aryl methyl sites for hydroxylation is 1. The number of aromatic amines is 1. The van der Waals surface area contributed by atoms with Crippen LogP contribution in [0.1, 0.15) is 54.5 Å². The maximum absolute atomic E-state index is 14.5. The molecule has 4 rings (SSSR count). The second-order valence-electron chi connectivity index (χ2n) is 8.23. The SMILES string of the molecule is CC(=O)N1CCC[C@H](c2cnc(NCc3c(F)ccc4c3CCO4)[nH]cnnc2C)CC1. The van der Waals surface area contributed by atoms with Crippen LogP contribution in [0.15, 0.2) is 24.7 Å². The quantitative estimate of drug-likeness (QED) is 0.756. The number of rotatable bonds is 4. The lowest BCUT2D eigenvalue weighted by molar-refractivity contribution is -0.128. The summed E-state index contributed by atoms with van der Waals surface area (Å²) >= 11 is 0. The topological polar surface area (TPSA) is 96.0 Å². The number of nitrogens with zero attached hydrogens (tertiary/aromatic N) is 4. The fraction of sp³-hybridized carbons (Fsp3) is 0.478. The van der Waals surface area contributed by atoms with E-state index in [1.54, 1.807) is 13.0 Å². The van der Waals surface area contributed by atoms with Crippen molar-refractivity contribution in [1.82, 2.24) is 25.1 Å². The number of likely N-dealkylation sites (tertiary alicyclic amines) is 1. The van der Waals surface area contributed by atoms with Crippen molar-refractivity contribution in [3.05, 3.63) is 52.9 Å². The number of nitrogens with one attached hydrogen (secondary N) is 2. The molecule has 1 amide bonds. The fourth-order valence-electron chi connectivity index (χ4n) is 4.43. The number of hydrogen-bond donors (Lipinski definition) is 2. The van der Waals surface area contributed by atoms with E-state index in [-0.39, 0.29) is 24.2 Å². The Morgan fingerprint density at radius 3 is 3.06 bits per heavy atom. The summed E-state index contributed by atoms with van der Waals surface area (Å²) < 4.78 is 20.0. The van der Waals surface area contributed by atoms with E-state index in [1.807, 2.05) is 18.0 Å². The Labute approximate surface area is 186 Å². The van der Waals surface area contributed by atoms with Gasteiger partial charge in [0.2, 0.25) is 11.9 Å². The van der Waals surface area contributed by atoms with E-state index in [0.29, 0.717) is 24.5 Å². The molecule has 1 aromatic carbocycles. The van der Waals surface area contributed by atoms with Crippen molar-refractivity contribution in [3.8, 4) is 5.75 Å². The van der Waals surface area contributed by atoms with Gasteiger partial charge >= 0.3 is 0 Å². The number of benzene rings is 1. The van der Waals surface area contributed by atoms with Crippen LogP contribution >= 0.6 is 0 Å². The molecule has 0 aliphatic carbocycles. The molecule has 2 aliphatic heterocycles. The summed E-state index contributed by atoms with van der Waals surface area (Å²) in [6.07, 6.45) is 6.72. The molecule has 1 saturated heterocycles. The van der Waals surface area contributed by atoms with Crippen molar-refractivity contribution in [2.75, 3.05) is 25.0 Å². The molecular formula is C23H29FN6O2. The molecule has 0 spiro atoms. The molecule has 170 valence electrons. The number of H-pyrrole nitrogens is 1. The molecule has 1 aromatic heterocycles. The second kappa shape index (κ2) is 9.93. The summed E-state index contributed by atoms with van der Waals surface area (Å²) in [7, 11) is 0. The van der Waals surface area contributed by atoms with Gasteiger partial charge in [-0.25, -0.2) is 9.37 Å². The molecule has 0 unspecified atom stereocenters. The van der Waals surface area contributed by atoms with E-state index < -0.39 is 0 Å². The van der Waals surface area contributed by atoms with E-state index in [9.17, 15) is 9.18 Å². The lowest BCUT2D eigenvalue weighted by atomic mass is 9.92. The van der Waals surface area contributed by atoms with Gasteiger partial charge in [-0.2, -0.15) is 5.10 Å². The first-order chi connectivity index (χ1) is 15.5. The van der Waals surface area contributed by atoms with E-state index in [0.717, 1.165) is 54.9 Å². The predicted octanol–water partition coefficient (Wildman–Crippen LogP) is 3.43. The maximum Gasteiger partial charge on any atom is 0.219 e. The minimum absolute atomic E-state index is 0.114. The van der Waals surface area contributed by atoms with Crippen molar-refractivity contribution in [2.45, 2.75) is 52.0 Å². The van der Waals surface area contributed by atoms with Crippen LogP contribution in [-0.2, 0) is 17.8 Å². The van der Waals surface area contributed by atoms with Crippen LogP contribution < -0.4 is 10.1 Å². The van der Waals surface area contributed by atoms with Gasteiger partial charge in [0, 0.05) is 50.3 Å². The number of ether oxygens (including phenoxy) is 1. The lowest BCUT2D eigenvalue weighted by Crippen LogP contribution is -2.29. The first-order valence-electron chi connectivity index (χ1n) is 11.1. The zero-order chi connectivity index (χ0) is 22.5. The normalized spacial score (nSPS) is 17.7. The zero-order valence-corrected chi connectivity index (χ0v) is 18.5. The third-order valence-electron chi connectivity index (χ3n) is 6.20. The van der Waals surface area contributed by atoms with Crippen LogP contribution in [0.25, 0.3) is 0 Å². The second-order valence-corrected chi connectivity index (χ2v) is 8.23. The van der Waals surface area contributed by atoms with E-state index in [1.165, 1.54) is 12.4 Å². The van der Waals surface area contributed by atoms with Gasteiger partial charge in [-0.15, -0.1) is 5.10 Å². The molecule has 8 nitrogen and oxygen atoms in total. The van der Waals surface area contributed by atoms with Crippen LogP contribution in [0.5, 0.6) is 5.75 Å². The predicted molar refractivity (Wildman–Crippen MR) is 118 cm³/mol. The van der Waals surface area contributed by atoms with Crippen molar-refractivity contribution < 1.29 is 13.9 Å². The number of amides is 1. The van der Waals surface area contributed by atoms with Crippen LogP contribution in [0.4, 0.5) is 10.3 Å². The standard InChI is InChI=1S/C23H29FN6O2/c1-15-19(17-4-3-9-30(10-7-17)16(2)31)12-25-23(27-14-28-29-15)26-13-20-18-8-11-32-22(18)6-5-21(20)24/h5-6,12,14,17H,3-4,7-11,13H2,1-2H3,(H2,25,26,27,28)/t17-/m0/s1. The Hall–Kier alpha value is -3.23. The summed E-state index contributed by atoms with van der Waals surface area (Å²) in [6, 6.07) is 3.12. The van der Waals surface area contributed by atoms with Gasteiger partial charge in [-0.3, -0.25) is 4.79 Å². The Kier molecular flexibility index (Phi) is 6.82. The molecule has 2 aliphatic rings. The fourth-order valence-corrected chi connectivity index (χ4v) is 4.43. The molecule has 9 heteroatoms. The van der Waals surface area contributed by atoms with Crippen LogP contribution in [0, 0.1) is 12.7 Å². The van der Waals surface area contributed by atoms with Crippen LogP contribution in [0.3, 0.4) is 0 Å². The average Bonchev–Trinajstić information content (AvgIpc) is 3.15. The first-order valence-corrected chi connectivity index (χ1v) is 11.1. The largest absolute Gasteiger partial charge is 0.493 e. The van der Waals surface area contributed by atoms with E-state index in [2.05, 4.69) is 25.5 Å². The Morgan fingerprint density at radius 1 is 1.34 bits per heavy atom. The number of aromatic nitrogens is 4. The average molecular weight is 441 g/mol. The third kappa shape index (κ3) is 4.98. The summed E-state index contributed by atoms with van der Waals surface area (Å²) in [4.78, 5) is 21.2. The van der Waals surface area contributed by atoms with Gasteiger partial charge < -0.3 is 19.9 Å². The lowest BCUT2D eigenvalue weighted by Gasteiger charge is -2.18. The first kappa shape index (κ1) is 22.0. The van der Waals surface area contributed by atoms with Crippen molar-refractivity contribution >= 4 is 11.9 Å². The molecular weight excluding hydrogens is 411 g/mol. The molecule has 1 atom stereocenters. The Morgan fingerprint density at radius 2 is 2.22 bits per heavy atom. The van der Waals surface area contributed by atoms with E-state index >= 15 is 0 Å². The van der Waals surface area contributed by atoms with Gasteiger partial charge in [0.1, 0.15) is 17.9 Å². The number of carbonyl (C=O) groups is 1. The number of halogens is 1. The molecule has 0 bridgehead atoms. The molecule has 2 aromatic rings. The number of anilines is 1. The van der Waals surface area contributed by atoms with Gasteiger partial charge in [0.15, 0.2) is 0 Å². The highest BCUT2D eigenvalue weighted by atomic mass is 19.1. The minimum atomic E-state index is -0.261. The molecule has 32 heavy (non-hydrogen) atoms. The maximum atomic E-state index is 14.5. The molecule has 0 saturated carbocycles. The van der Waals surface area contributed by atoms with Crippen LogP contribution in [0.2, 0.25) is 0 Å². The van der Waals surface area contributed by atoms with Crippen molar-refractivity contribution in [2.24, 2.45) is 0 Å². The zero-order valence-electron chi connectivity index (χ0n) is 18.5. The number of hydrogen-bond acceptors (Lipinski definition) is 6. The Bertz CT molecular complexity index is 1040. The van der Waals surface area contributed by atoms with Crippen molar-refractivity contribution in [1.29, 1.82) is 0 Å². The monoisotopic (exact) mass is 440 g/mol. The van der Waals surface area contributed by atoms with Gasteiger partial charge in [-0.05, 0) is 49.8 Å². The smallest absolute Gasteiger partial charge is 0.219 e. The molecule has 0 radical (unpaired) electrons. The van der Waals surface area contributed by atoms with Crippen molar-refractivity contribution in [3.63, 3.8) is 0 Å². The van der Waals surface area contributed by atoms with Crippen LogP contribution in [-0.4, -0.2) is 50.7 Å².